The highest BCUT2D eigenvalue weighted by Gasteiger charge is 2.24. The first kappa shape index (κ1) is 15.9. The molecule has 1 aliphatic rings. The molecular formula is C14H18FNO4S. The Morgan fingerprint density at radius 3 is 2.81 bits per heavy atom. The van der Waals surface area contributed by atoms with E-state index in [1.807, 2.05) is 4.72 Å². The number of carbonyl (C=O) groups is 1. The normalized spacial score (nSPS) is 19.2. The van der Waals surface area contributed by atoms with Crippen molar-refractivity contribution in [3.05, 3.63) is 35.1 Å². The number of halogens is 1. The van der Waals surface area contributed by atoms with Crippen molar-refractivity contribution in [2.45, 2.75) is 32.3 Å². The number of hydrogen-bond acceptors (Lipinski definition) is 4. The van der Waals surface area contributed by atoms with Gasteiger partial charge in [0.25, 0.3) is 5.91 Å². The fourth-order valence-electron chi connectivity index (χ4n) is 2.16. The van der Waals surface area contributed by atoms with E-state index in [9.17, 15) is 17.6 Å². The molecule has 1 saturated heterocycles. The minimum absolute atomic E-state index is 0.0220. The van der Waals surface area contributed by atoms with Crippen molar-refractivity contribution < 1.29 is 22.3 Å². The Morgan fingerprint density at radius 1 is 1.43 bits per heavy atom. The molecule has 21 heavy (non-hydrogen) atoms. The van der Waals surface area contributed by atoms with Gasteiger partial charge in [0, 0.05) is 12.2 Å². The Kier molecular flexibility index (Phi) is 4.95. The summed E-state index contributed by atoms with van der Waals surface area (Å²) in [6.45, 7) is 2.10. The zero-order valence-electron chi connectivity index (χ0n) is 11.8. The Labute approximate surface area is 123 Å². The average molecular weight is 315 g/mol. The lowest BCUT2D eigenvalue weighted by molar-refractivity contribution is 0.0304. The van der Waals surface area contributed by atoms with Gasteiger partial charge in [-0.25, -0.2) is 17.5 Å². The molecule has 1 aromatic rings. The summed E-state index contributed by atoms with van der Waals surface area (Å²) in [5, 5.41) is 0. The maximum Gasteiger partial charge on any atom is 0.264 e. The minimum atomic E-state index is -3.80. The predicted molar refractivity (Wildman–Crippen MR) is 76.0 cm³/mol. The molecule has 0 spiro atoms. The number of ether oxygens (including phenoxy) is 1. The lowest BCUT2D eigenvalue weighted by Crippen LogP contribution is -2.38. The van der Waals surface area contributed by atoms with Gasteiger partial charge in [-0.05, 0) is 43.9 Å². The summed E-state index contributed by atoms with van der Waals surface area (Å²) < 4.78 is 44.6. The molecule has 7 heteroatoms. The van der Waals surface area contributed by atoms with Crippen LogP contribution in [0.4, 0.5) is 4.39 Å². The van der Waals surface area contributed by atoms with Crippen LogP contribution in [0.2, 0.25) is 0 Å². The van der Waals surface area contributed by atoms with Gasteiger partial charge in [-0.1, -0.05) is 6.07 Å². The second kappa shape index (κ2) is 6.53. The minimum Gasteiger partial charge on any atom is -0.377 e. The summed E-state index contributed by atoms with van der Waals surface area (Å²) in [6.07, 6.45) is 2.11. The molecule has 0 saturated carbocycles. The van der Waals surface area contributed by atoms with Crippen LogP contribution in [-0.4, -0.2) is 32.8 Å². The van der Waals surface area contributed by atoms with E-state index >= 15 is 0 Å². The zero-order chi connectivity index (χ0) is 15.5. The molecule has 1 heterocycles. The van der Waals surface area contributed by atoms with Crippen LogP contribution in [0.5, 0.6) is 0 Å². The van der Waals surface area contributed by atoms with E-state index < -0.39 is 21.7 Å². The second-order valence-electron chi connectivity index (χ2n) is 5.17. The molecule has 0 aromatic heterocycles. The summed E-state index contributed by atoms with van der Waals surface area (Å²) in [4.78, 5) is 11.9. The Bertz CT molecular complexity index is 624. The highest BCUT2D eigenvalue weighted by Crippen LogP contribution is 2.14. The fraction of sp³-hybridized carbons (Fsp3) is 0.500. The summed E-state index contributed by atoms with van der Waals surface area (Å²) in [6, 6.07) is 3.85. The molecule has 1 atom stereocenters. The van der Waals surface area contributed by atoms with E-state index in [1.54, 1.807) is 6.92 Å². The van der Waals surface area contributed by atoms with Crippen molar-refractivity contribution in [1.82, 2.24) is 4.72 Å². The number of rotatable bonds is 4. The summed E-state index contributed by atoms with van der Waals surface area (Å²) in [7, 11) is -3.80. The number of amides is 1. The van der Waals surface area contributed by atoms with Crippen molar-refractivity contribution in [2.75, 3.05) is 12.4 Å². The van der Waals surface area contributed by atoms with E-state index in [0.29, 0.717) is 18.6 Å². The molecule has 1 amide bonds. The van der Waals surface area contributed by atoms with Crippen LogP contribution in [0.3, 0.4) is 0 Å². The Morgan fingerprint density at radius 2 is 2.19 bits per heavy atom. The molecular weight excluding hydrogens is 297 g/mol. The van der Waals surface area contributed by atoms with Crippen molar-refractivity contribution in [3.8, 4) is 0 Å². The van der Waals surface area contributed by atoms with Crippen LogP contribution in [0, 0.1) is 12.7 Å². The number of aryl methyl sites for hydroxylation is 1. The average Bonchev–Trinajstić information content (AvgIpc) is 2.41. The van der Waals surface area contributed by atoms with Crippen LogP contribution in [-0.2, 0) is 14.8 Å². The first-order valence-electron chi connectivity index (χ1n) is 6.80. The quantitative estimate of drug-likeness (QED) is 0.919. The van der Waals surface area contributed by atoms with Crippen LogP contribution >= 0.6 is 0 Å². The standard InChI is InChI=1S/C14H18FNO4S/c1-10-5-6-11(8-13(10)15)14(17)16-21(18,19)9-12-4-2-3-7-20-12/h5-6,8,12H,2-4,7,9H2,1H3,(H,16,17). The van der Waals surface area contributed by atoms with Gasteiger partial charge < -0.3 is 4.74 Å². The van der Waals surface area contributed by atoms with Crippen molar-refractivity contribution in [2.24, 2.45) is 0 Å². The van der Waals surface area contributed by atoms with Crippen LogP contribution in [0.25, 0.3) is 0 Å². The number of benzene rings is 1. The molecule has 116 valence electrons. The fourth-order valence-corrected chi connectivity index (χ4v) is 3.40. The van der Waals surface area contributed by atoms with Crippen molar-refractivity contribution in [3.63, 3.8) is 0 Å². The van der Waals surface area contributed by atoms with Gasteiger partial charge in [-0.3, -0.25) is 4.79 Å². The van der Waals surface area contributed by atoms with Gasteiger partial charge in [-0.2, -0.15) is 0 Å². The summed E-state index contributed by atoms with van der Waals surface area (Å²) in [5.74, 6) is -1.63. The summed E-state index contributed by atoms with van der Waals surface area (Å²) in [5.41, 5.74) is 0.372. The number of carbonyl (C=O) groups excluding carboxylic acids is 1. The molecule has 5 nitrogen and oxygen atoms in total. The third-order valence-corrected chi connectivity index (χ3v) is 4.67. The van der Waals surface area contributed by atoms with Gasteiger partial charge in [0.2, 0.25) is 10.0 Å². The highest BCUT2D eigenvalue weighted by molar-refractivity contribution is 7.90. The first-order valence-corrected chi connectivity index (χ1v) is 8.45. The van der Waals surface area contributed by atoms with E-state index in [2.05, 4.69) is 0 Å². The van der Waals surface area contributed by atoms with E-state index in [1.165, 1.54) is 12.1 Å². The van der Waals surface area contributed by atoms with E-state index in [0.717, 1.165) is 18.9 Å². The largest absolute Gasteiger partial charge is 0.377 e. The van der Waals surface area contributed by atoms with Gasteiger partial charge in [0.15, 0.2) is 0 Å². The van der Waals surface area contributed by atoms with E-state index in [-0.39, 0.29) is 17.4 Å². The lowest BCUT2D eigenvalue weighted by atomic mass is 10.1. The molecule has 1 fully saturated rings. The number of hydrogen-bond donors (Lipinski definition) is 1. The monoisotopic (exact) mass is 315 g/mol. The predicted octanol–water partition coefficient (Wildman–Crippen LogP) is 1.76. The van der Waals surface area contributed by atoms with E-state index in [4.69, 9.17) is 4.74 Å². The molecule has 1 unspecified atom stereocenters. The highest BCUT2D eigenvalue weighted by atomic mass is 32.2. The Balaban J connectivity index is 2.01. The maximum absolute atomic E-state index is 13.4. The Hall–Kier alpha value is -1.47. The molecule has 1 N–H and O–H groups in total. The second-order valence-corrected chi connectivity index (χ2v) is 6.93. The third-order valence-electron chi connectivity index (χ3n) is 3.36. The van der Waals surface area contributed by atoms with Crippen LogP contribution < -0.4 is 4.72 Å². The number of nitrogens with one attached hydrogen (secondary N) is 1. The first-order chi connectivity index (χ1) is 9.87. The summed E-state index contributed by atoms with van der Waals surface area (Å²) >= 11 is 0. The smallest absolute Gasteiger partial charge is 0.264 e. The molecule has 0 radical (unpaired) electrons. The molecule has 2 rings (SSSR count). The van der Waals surface area contributed by atoms with Crippen molar-refractivity contribution in [1.29, 1.82) is 0 Å². The van der Waals surface area contributed by atoms with Gasteiger partial charge in [0.1, 0.15) is 5.82 Å². The zero-order valence-corrected chi connectivity index (χ0v) is 12.6. The molecule has 1 aliphatic heterocycles. The maximum atomic E-state index is 13.4. The SMILES string of the molecule is Cc1ccc(C(=O)NS(=O)(=O)CC2CCCCO2)cc1F. The van der Waals surface area contributed by atoms with Gasteiger partial charge in [0.05, 0.1) is 11.9 Å². The van der Waals surface area contributed by atoms with Crippen molar-refractivity contribution >= 4 is 15.9 Å². The molecule has 0 aliphatic carbocycles. The van der Waals surface area contributed by atoms with Crippen LogP contribution in [0.1, 0.15) is 35.2 Å². The molecule has 0 bridgehead atoms. The van der Waals surface area contributed by atoms with Crippen LogP contribution in [0.15, 0.2) is 18.2 Å². The molecule has 1 aromatic carbocycles. The lowest BCUT2D eigenvalue weighted by Gasteiger charge is -2.22. The van der Waals surface area contributed by atoms with Gasteiger partial charge in [-0.15, -0.1) is 0 Å². The topological polar surface area (TPSA) is 72.5 Å². The van der Waals surface area contributed by atoms with Gasteiger partial charge >= 0.3 is 0 Å². The number of sulfonamides is 1. The third kappa shape index (κ3) is 4.50.